The van der Waals surface area contributed by atoms with Gasteiger partial charge in [-0.15, -0.1) is 0 Å². The van der Waals surface area contributed by atoms with Crippen LogP contribution in [0.5, 0.6) is 0 Å². The van der Waals surface area contributed by atoms with E-state index in [4.69, 9.17) is 0 Å². The number of pyridine rings is 2. The first kappa shape index (κ1) is 42.3. The number of aryl methyl sites for hydroxylation is 2. The number of hydrogen-bond donors (Lipinski definition) is 4. The van der Waals surface area contributed by atoms with Gasteiger partial charge < -0.3 is 30.4 Å². The van der Waals surface area contributed by atoms with Crippen LogP contribution in [0.1, 0.15) is 117 Å². The number of fused-ring (bicyclic) bond motifs is 4. The molecule has 2 aromatic heterocycles. The van der Waals surface area contributed by atoms with Gasteiger partial charge in [-0.3, -0.25) is 9.59 Å². The first-order valence-electron chi connectivity index (χ1n) is 21.5. The van der Waals surface area contributed by atoms with Crippen molar-refractivity contribution < 1.29 is 9.59 Å². The lowest BCUT2D eigenvalue weighted by Crippen LogP contribution is -2.36. The standard InChI is InChI=1S/C46H64N6O4/c1-3-5-7-17-27-47-45(55)49-29-19-9-11-21-31-51-39-25-15-13-23-35(39)43(53)37-34-42-38(33-41(37)51)44(54)36-24-14-16-26-40(36)52(42)32-22-12-10-20-30-50-46(56)48-28-18-8-6-4-2/h13-16,23-26,33-34H,3-12,17-22,27-32H2,1-2H3,(H2,47,49,55)(H2,48,50,56). The molecule has 4 N–H and O–H groups in total. The number of amides is 4. The van der Waals surface area contributed by atoms with E-state index in [0.717, 1.165) is 99.1 Å². The highest BCUT2D eigenvalue weighted by atomic mass is 16.2. The predicted molar refractivity (Wildman–Crippen MR) is 233 cm³/mol. The Morgan fingerprint density at radius 2 is 0.768 bits per heavy atom. The second-order valence-electron chi connectivity index (χ2n) is 15.2. The lowest BCUT2D eigenvalue weighted by Gasteiger charge is -2.19. The van der Waals surface area contributed by atoms with Gasteiger partial charge in [-0.05, 0) is 74.9 Å². The summed E-state index contributed by atoms with van der Waals surface area (Å²) in [6.07, 6.45) is 16.6. The van der Waals surface area contributed by atoms with E-state index in [2.05, 4.69) is 44.2 Å². The van der Waals surface area contributed by atoms with Gasteiger partial charge in [0.05, 0.1) is 22.1 Å². The fourth-order valence-corrected chi connectivity index (χ4v) is 7.75. The van der Waals surface area contributed by atoms with E-state index >= 15 is 0 Å². The number of nitrogens with zero attached hydrogens (tertiary/aromatic N) is 2. The molecule has 0 saturated heterocycles. The Morgan fingerprint density at radius 1 is 0.429 bits per heavy atom. The van der Waals surface area contributed by atoms with Gasteiger partial charge in [-0.25, -0.2) is 9.59 Å². The third-order valence-corrected chi connectivity index (χ3v) is 10.9. The maximum absolute atomic E-state index is 14.1. The van der Waals surface area contributed by atoms with Crippen LogP contribution in [0.4, 0.5) is 9.59 Å². The van der Waals surface area contributed by atoms with E-state index in [1.807, 2.05) is 60.7 Å². The number of benzene rings is 3. The lowest BCUT2D eigenvalue weighted by atomic mass is 10.0. The Morgan fingerprint density at radius 3 is 1.14 bits per heavy atom. The van der Waals surface area contributed by atoms with Crippen LogP contribution >= 0.6 is 0 Å². The molecule has 0 saturated carbocycles. The van der Waals surface area contributed by atoms with Crippen LogP contribution in [0.15, 0.2) is 70.3 Å². The molecule has 10 nitrogen and oxygen atoms in total. The second kappa shape index (κ2) is 22.6. The van der Waals surface area contributed by atoms with E-state index in [1.54, 1.807) is 0 Å². The summed E-state index contributed by atoms with van der Waals surface area (Å²) < 4.78 is 4.44. The largest absolute Gasteiger partial charge is 0.340 e. The molecule has 2 heterocycles. The summed E-state index contributed by atoms with van der Waals surface area (Å²) in [4.78, 5) is 52.4. The maximum Gasteiger partial charge on any atom is 0.314 e. The van der Waals surface area contributed by atoms with Crippen molar-refractivity contribution in [1.82, 2.24) is 30.4 Å². The smallest absolute Gasteiger partial charge is 0.314 e. The molecule has 0 spiro atoms. The highest BCUT2D eigenvalue weighted by Gasteiger charge is 2.17. The quantitative estimate of drug-likeness (QED) is 0.0369. The fraction of sp³-hybridized carbons (Fsp3) is 0.522. The molecule has 0 fully saturated rings. The molecule has 5 aromatic rings. The van der Waals surface area contributed by atoms with Gasteiger partial charge in [0.2, 0.25) is 0 Å². The van der Waals surface area contributed by atoms with Crippen molar-refractivity contribution >= 4 is 55.7 Å². The van der Waals surface area contributed by atoms with Crippen LogP contribution in [0, 0.1) is 0 Å². The minimum Gasteiger partial charge on any atom is -0.340 e. The van der Waals surface area contributed by atoms with Gasteiger partial charge in [0.1, 0.15) is 0 Å². The first-order valence-corrected chi connectivity index (χ1v) is 21.5. The van der Waals surface area contributed by atoms with Gasteiger partial charge in [0.15, 0.2) is 10.9 Å². The average Bonchev–Trinajstić information content (AvgIpc) is 3.21. The molecule has 0 aliphatic carbocycles. The topological polar surface area (TPSA) is 126 Å². The summed E-state index contributed by atoms with van der Waals surface area (Å²) in [6, 6.07) is 19.3. The summed E-state index contributed by atoms with van der Waals surface area (Å²) >= 11 is 0. The zero-order chi connectivity index (χ0) is 39.5. The van der Waals surface area contributed by atoms with E-state index < -0.39 is 0 Å². The third-order valence-electron chi connectivity index (χ3n) is 10.9. The van der Waals surface area contributed by atoms with Crippen molar-refractivity contribution in [3.63, 3.8) is 0 Å². The van der Waals surface area contributed by atoms with Gasteiger partial charge in [0.25, 0.3) is 0 Å². The number of carbonyl (C=O) groups excluding carboxylic acids is 2. The number of carbonyl (C=O) groups is 2. The maximum atomic E-state index is 14.1. The van der Waals surface area contributed by atoms with Crippen LogP contribution < -0.4 is 32.1 Å². The number of urea groups is 2. The van der Waals surface area contributed by atoms with E-state index in [0.29, 0.717) is 60.8 Å². The molecular formula is C46H64N6O4. The molecule has 10 heteroatoms. The van der Waals surface area contributed by atoms with Crippen LogP contribution in [0.3, 0.4) is 0 Å². The van der Waals surface area contributed by atoms with Crippen LogP contribution in [0.2, 0.25) is 0 Å². The summed E-state index contributed by atoms with van der Waals surface area (Å²) in [6.45, 7) is 8.51. The van der Waals surface area contributed by atoms with Crippen LogP contribution in [0.25, 0.3) is 43.6 Å². The number of aromatic nitrogens is 2. The zero-order valence-electron chi connectivity index (χ0n) is 33.9. The van der Waals surface area contributed by atoms with Crippen LogP contribution in [-0.2, 0) is 13.1 Å². The number of nitrogens with one attached hydrogen (secondary N) is 4. The lowest BCUT2D eigenvalue weighted by molar-refractivity contribution is 0.239. The van der Waals surface area contributed by atoms with E-state index in [9.17, 15) is 19.2 Å². The predicted octanol–water partition coefficient (Wildman–Crippen LogP) is 9.50. The molecule has 3 aromatic carbocycles. The van der Waals surface area contributed by atoms with Crippen molar-refractivity contribution in [1.29, 1.82) is 0 Å². The third kappa shape index (κ3) is 11.6. The zero-order valence-corrected chi connectivity index (χ0v) is 33.9. The normalized spacial score (nSPS) is 11.5. The first-order chi connectivity index (χ1) is 27.4. The van der Waals surface area contributed by atoms with Crippen molar-refractivity contribution in [3.05, 3.63) is 81.1 Å². The van der Waals surface area contributed by atoms with Gasteiger partial charge in [-0.1, -0.05) is 102 Å². The van der Waals surface area contributed by atoms with Gasteiger partial charge in [0, 0.05) is 60.8 Å². The van der Waals surface area contributed by atoms with Gasteiger partial charge in [-0.2, -0.15) is 0 Å². The summed E-state index contributed by atoms with van der Waals surface area (Å²) in [5, 5.41) is 14.5. The average molecular weight is 765 g/mol. The molecule has 0 aliphatic rings. The number of hydrogen-bond acceptors (Lipinski definition) is 4. The summed E-state index contributed by atoms with van der Waals surface area (Å²) in [5.74, 6) is 0. The highest BCUT2D eigenvalue weighted by Crippen LogP contribution is 2.27. The molecule has 302 valence electrons. The van der Waals surface area contributed by atoms with Crippen molar-refractivity contribution in [3.8, 4) is 0 Å². The number of para-hydroxylation sites is 2. The molecule has 0 unspecified atom stereocenters. The summed E-state index contributed by atoms with van der Waals surface area (Å²) in [7, 11) is 0. The molecule has 0 bridgehead atoms. The Balaban J connectivity index is 1.26. The molecule has 0 radical (unpaired) electrons. The Kier molecular flexibility index (Phi) is 17.1. The molecule has 0 atom stereocenters. The highest BCUT2D eigenvalue weighted by molar-refractivity contribution is 6.03. The van der Waals surface area contributed by atoms with Crippen molar-refractivity contribution in [2.24, 2.45) is 0 Å². The molecular weight excluding hydrogens is 701 g/mol. The monoisotopic (exact) mass is 764 g/mol. The second-order valence-corrected chi connectivity index (χ2v) is 15.2. The SMILES string of the molecule is CCCCCCNC(=O)NCCCCCCn1c2ccccc2c(=O)c2cc3c(cc21)c(=O)c1ccccc1n3CCCCCCNC(=O)NCCCCCC. The van der Waals surface area contributed by atoms with Crippen molar-refractivity contribution in [2.45, 2.75) is 130 Å². The fourth-order valence-electron chi connectivity index (χ4n) is 7.75. The van der Waals surface area contributed by atoms with Gasteiger partial charge >= 0.3 is 12.1 Å². The number of rotatable bonds is 24. The molecule has 4 amide bonds. The Bertz CT molecular complexity index is 2000. The van der Waals surface area contributed by atoms with E-state index in [1.165, 1.54) is 25.7 Å². The molecule has 56 heavy (non-hydrogen) atoms. The van der Waals surface area contributed by atoms with E-state index in [-0.39, 0.29) is 22.9 Å². The van der Waals surface area contributed by atoms with Crippen LogP contribution in [-0.4, -0.2) is 47.4 Å². The number of unbranched alkanes of at least 4 members (excludes halogenated alkanes) is 12. The Labute approximate surface area is 331 Å². The Hall–Kier alpha value is -4.86. The molecule has 5 rings (SSSR count). The minimum absolute atomic E-state index is 0.0203. The van der Waals surface area contributed by atoms with Crippen molar-refractivity contribution in [2.75, 3.05) is 26.2 Å². The summed E-state index contributed by atoms with van der Waals surface area (Å²) in [5.41, 5.74) is 3.29. The molecule has 0 aliphatic heterocycles. The minimum atomic E-state index is -0.0923.